The third-order valence-electron chi connectivity index (χ3n) is 8.65. The monoisotopic (exact) mass is 563 g/mol. The van der Waals surface area contributed by atoms with Gasteiger partial charge in [0.05, 0.1) is 0 Å². The largest absolute Gasteiger partial charge is 0.481 e. The molecule has 0 aromatic carbocycles. The van der Waals surface area contributed by atoms with E-state index in [1.165, 1.54) is 199 Å². The zero-order valence-corrected chi connectivity index (χ0v) is 27.6. The van der Waals surface area contributed by atoms with Crippen LogP contribution in [0.5, 0.6) is 0 Å². The number of hydrogen-bond donors (Lipinski definition) is 1. The maximum Gasteiger partial charge on any atom is 0.303 e. The van der Waals surface area contributed by atoms with E-state index in [1.54, 1.807) is 0 Å². The van der Waals surface area contributed by atoms with Gasteiger partial charge in [-0.15, -0.1) is 0 Å². The van der Waals surface area contributed by atoms with Crippen LogP contribution in [-0.2, 0) is 4.79 Å². The summed E-state index contributed by atoms with van der Waals surface area (Å²) in [6, 6.07) is 0. The fraction of sp³-hybridized carbons (Fsp3) is 0.921. The maximum absolute atomic E-state index is 10.5. The van der Waals surface area contributed by atoms with Gasteiger partial charge in [0.2, 0.25) is 0 Å². The Morgan fingerprint density at radius 2 is 0.600 bits per heavy atom. The molecule has 0 rings (SSSR count). The van der Waals surface area contributed by atoms with Crippen LogP contribution >= 0.6 is 0 Å². The molecule has 0 spiro atoms. The second kappa shape index (κ2) is 36.2. The van der Waals surface area contributed by atoms with Gasteiger partial charge in [-0.3, -0.25) is 4.79 Å². The van der Waals surface area contributed by atoms with Crippen molar-refractivity contribution in [1.29, 1.82) is 0 Å². The highest BCUT2D eigenvalue weighted by Crippen LogP contribution is 2.16. The molecule has 0 aliphatic heterocycles. The summed E-state index contributed by atoms with van der Waals surface area (Å²) in [5.74, 6) is -0.649. The van der Waals surface area contributed by atoms with Crippen LogP contribution in [0, 0.1) is 0 Å². The van der Waals surface area contributed by atoms with Gasteiger partial charge in [0.1, 0.15) is 0 Å². The van der Waals surface area contributed by atoms with Crippen LogP contribution in [0.1, 0.15) is 225 Å². The average Bonchev–Trinajstić information content (AvgIpc) is 2.95. The number of allylic oxidation sites excluding steroid dienone is 2. The molecule has 0 aromatic rings. The van der Waals surface area contributed by atoms with E-state index in [9.17, 15) is 4.79 Å². The summed E-state index contributed by atoms with van der Waals surface area (Å²) in [4.78, 5) is 10.5. The van der Waals surface area contributed by atoms with Crippen molar-refractivity contribution >= 4 is 5.97 Å². The summed E-state index contributed by atoms with van der Waals surface area (Å²) in [5.41, 5.74) is 0. The van der Waals surface area contributed by atoms with Gasteiger partial charge in [-0.2, -0.15) is 0 Å². The van der Waals surface area contributed by atoms with E-state index >= 15 is 0 Å². The molecule has 0 radical (unpaired) electrons. The summed E-state index contributed by atoms with van der Waals surface area (Å²) in [5, 5.41) is 8.63. The number of unbranched alkanes of at least 4 members (excludes halogenated alkanes) is 31. The van der Waals surface area contributed by atoms with E-state index < -0.39 is 5.97 Å². The van der Waals surface area contributed by atoms with Crippen molar-refractivity contribution in [3.8, 4) is 0 Å². The minimum absolute atomic E-state index is 0.345. The molecule has 0 aliphatic carbocycles. The molecule has 0 unspecified atom stereocenters. The van der Waals surface area contributed by atoms with Crippen LogP contribution in [0.4, 0.5) is 0 Å². The number of carboxylic acids is 1. The number of rotatable bonds is 35. The van der Waals surface area contributed by atoms with Crippen LogP contribution < -0.4 is 0 Å². The number of carboxylic acid groups (broad SMARTS) is 1. The molecule has 0 fully saturated rings. The minimum Gasteiger partial charge on any atom is -0.481 e. The molecule has 0 atom stereocenters. The summed E-state index contributed by atoms with van der Waals surface area (Å²) in [7, 11) is 0. The summed E-state index contributed by atoms with van der Waals surface area (Å²) in [6.07, 6.45) is 50.9. The van der Waals surface area contributed by atoms with Crippen molar-refractivity contribution in [2.24, 2.45) is 0 Å². The Labute approximate surface area is 253 Å². The molecule has 0 bridgehead atoms. The van der Waals surface area contributed by atoms with Crippen LogP contribution in [0.15, 0.2) is 12.2 Å². The molecule has 238 valence electrons. The Hall–Kier alpha value is -0.790. The lowest BCUT2D eigenvalue weighted by atomic mass is 10.0. The van der Waals surface area contributed by atoms with Crippen LogP contribution in [-0.4, -0.2) is 11.1 Å². The first-order valence-electron chi connectivity index (χ1n) is 18.6. The van der Waals surface area contributed by atoms with Crippen molar-refractivity contribution in [2.75, 3.05) is 0 Å². The molecule has 40 heavy (non-hydrogen) atoms. The first-order chi connectivity index (χ1) is 19.8. The molecule has 0 saturated carbocycles. The lowest BCUT2D eigenvalue weighted by Crippen LogP contribution is -1.93. The van der Waals surface area contributed by atoms with Gasteiger partial charge in [0, 0.05) is 6.42 Å². The zero-order valence-electron chi connectivity index (χ0n) is 27.6. The molecule has 2 heteroatoms. The first-order valence-corrected chi connectivity index (χ1v) is 18.6. The summed E-state index contributed by atoms with van der Waals surface area (Å²) < 4.78 is 0. The van der Waals surface area contributed by atoms with E-state index in [2.05, 4.69) is 19.1 Å². The Morgan fingerprint density at radius 3 is 0.850 bits per heavy atom. The fourth-order valence-corrected chi connectivity index (χ4v) is 5.88. The van der Waals surface area contributed by atoms with Gasteiger partial charge in [-0.05, 0) is 32.1 Å². The van der Waals surface area contributed by atoms with Gasteiger partial charge in [0.25, 0.3) is 0 Å². The van der Waals surface area contributed by atoms with Crippen LogP contribution in [0.2, 0.25) is 0 Å². The molecular formula is C38H74O2. The second-order valence-electron chi connectivity index (χ2n) is 12.8. The number of hydrogen-bond acceptors (Lipinski definition) is 1. The Morgan fingerprint density at radius 1 is 0.375 bits per heavy atom. The topological polar surface area (TPSA) is 37.3 Å². The smallest absolute Gasteiger partial charge is 0.303 e. The molecule has 0 amide bonds. The summed E-state index contributed by atoms with van der Waals surface area (Å²) in [6.45, 7) is 2.30. The SMILES string of the molecule is CCCCCCCCCC/C=C\CCCCCCCCCCCCCCCCCCCCCCCCCC(=O)O. The third kappa shape index (κ3) is 37.2. The Kier molecular flexibility index (Phi) is 35.5. The quantitative estimate of drug-likeness (QED) is 0.0616. The van der Waals surface area contributed by atoms with E-state index in [4.69, 9.17) is 5.11 Å². The first kappa shape index (κ1) is 39.2. The Bertz CT molecular complexity index is 498. The van der Waals surface area contributed by atoms with E-state index in [0.717, 1.165) is 12.8 Å². The fourth-order valence-electron chi connectivity index (χ4n) is 5.88. The highest BCUT2D eigenvalue weighted by Gasteiger charge is 1.98. The van der Waals surface area contributed by atoms with Gasteiger partial charge >= 0.3 is 5.97 Å². The minimum atomic E-state index is -0.649. The van der Waals surface area contributed by atoms with E-state index in [1.807, 2.05) is 0 Å². The predicted molar refractivity (Wildman–Crippen MR) is 179 cm³/mol. The van der Waals surface area contributed by atoms with Crippen molar-refractivity contribution < 1.29 is 9.90 Å². The lowest BCUT2D eigenvalue weighted by molar-refractivity contribution is -0.137. The normalized spacial score (nSPS) is 11.6. The standard InChI is InChI=1S/C38H74O2/c1-2-3-4-5-6-7-8-9-10-11-12-13-14-15-16-17-18-19-20-21-22-23-24-25-26-27-28-29-30-31-32-33-34-35-36-37-38(39)40/h11-12H,2-10,13-37H2,1H3,(H,39,40)/b12-11-. The molecule has 1 N–H and O–H groups in total. The predicted octanol–water partition coefficient (Wildman–Crippen LogP) is 13.9. The summed E-state index contributed by atoms with van der Waals surface area (Å²) >= 11 is 0. The van der Waals surface area contributed by atoms with Crippen molar-refractivity contribution in [3.63, 3.8) is 0 Å². The average molecular weight is 563 g/mol. The van der Waals surface area contributed by atoms with Crippen molar-refractivity contribution in [1.82, 2.24) is 0 Å². The molecule has 0 saturated heterocycles. The van der Waals surface area contributed by atoms with Gasteiger partial charge in [0.15, 0.2) is 0 Å². The maximum atomic E-state index is 10.5. The zero-order chi connectivity index (χ0) is 29.0. The molecule has 0 aromatic heterocycles. The Balaban J connectivity index is 3.07. The number of carbonyl (C=O) groups is 1. The van der Waals surface area contributed by atoms with E-state index in [0.29, 0.717) is 6.42 Å². The van der Waals surface area contributed by atoms with Crippen molar-refractivity contribution in [2.45, 2.75) is 225 Å². The third-order valence-corrected chi connectivity index (χ3v) is 8.65. The molecule has 0 heterocycles. The molecule has 2 nitrogen and oxygen atoms in total. The van der Waals surface area contributed by atoms with Gasteiger partial charge in [-0.1, -0.05) is 199 Å². The second-order valence-corrected chi connectivity index (χ2v) is 12.8. The molecular weight excluding hydrogens is 488 g/mol. The van der Waals surface area contributed by atoms with Crippen LogP contribution in [0.25, 0.3) is 0 Å². The highest BCUT2D eigenvalue weighted by molar-refractivity contribution is 5.66. The molecule has 0 aliphatic rings. The van der Waals surface area contributed by atoms with E-state index in [-0.39, 0.29) is 0 Å². The lowest BCUT2D eigenvalue weighted by Gasteiger charge is -2.04. The van der Waals surface area contributed by atoms with Crippen LogP contribution in [0.3, 0.4) is 0 Å². The van der Waals surface area contributed by atoms with Gasteiger partial charge < -0.3 is 5.11 Å². The van der Waals surface area contributed by atoms with Gasteiger partial charge in [-0.25, -0.2) is 0 Å². The number of aliphatic carboxylic acids is 1. The van der Waals surface area contributed by atoms with Crippen molar-refractivity contribution in [3.05, 3.63) is 12.2 Å². The highest BCUT2D eigenvalue weighted by atomic mass is 16.4.